The molecule has 1 rings (SSSR count). The number of piperidine rings is 1. The molecule has 108 valence electrons. The first-order chi connectivity index (χ1) is 8.24. The van der Waals surface area contributed by atoms with Gasteiger partial charge >= 0.3 is 5.97 Å². The van der Waals surface area contributed by atoms with Gasteiger partial charge in [-0.2, -0.15) is 0 Å². The fourth-order valence-corrected chi connectivity index (χ4v) is 1.79. The molecule has 0 atom stereocenters. The third kappa shape index (κ3) is 10.5. The van der Waals surface area contributed by atoms with Crippen molar-refractivity contribution in [2.24, 2.45) is 11.7 Å². The molecule has 0 unspecified atom stereocenters. The van der Waals surface area contributed by atoms with Crippen molar-refractivity contribution in [2.45, 2.75) is 58.9 Å². The second kappa shape index (κ2) is 8.48. The molecule has 0 aromatic rings. The SMILES string of the molecule is CC(C)(C)N.CCCCN1CCC(C(=O)O)CC1. The minimum Gasteiger partial charge on any atom is -0.481 e. The van der Waals surface area contributed by atoms with Gasteiger partial charge in [0, 0.05) is 5.54 Å². The van der Waals surface area contributed by atoms with E-state index < -0.39 is 5.97 Å². The molecule has 0 spiro atoms. The summed E-state index contributed by atoms with van der Waals surface area (Å²) in [6.07, 6.45) is 4.12. The number of rotatable bonds is 4. The number of likely N-dealkylation sites (tertiary alicyclic amines) is 1. The molecular formula is C14H30N2O2. The number of nitrogens with two attached hydrogens (primary N) is 1. The number of carboxylic acid groups (broad SMARTS) is 1. The van der Waals surface area contributed by atoms with E-state index in [1.54, 1.807) is 0 Å². The Bertz CT molecular complexity index is 222. The Morgan fingerprint density at radius 1 is 1.33 bits per heavy atom. The van der Waals surface area contributed by atoms with Crippen molar-refractivity contribution in [3.8, 4) is 0 Å². The monoisotopic (exact) mass is 258 g/mol. The van der Waals surface area contributed by atoms with Crippen LogP contribution in [0.25, 0.3) is 0 Å². The average Bonchev–Trinajstić information content (AvgIpc) is 2.24. The van der Waals surface area contributed by atoms with Gasteiger partial charge in [-0.1, -0.05) is 13.3 Å². The molecule has 1 aliphatic rings. The maximum atomic E-state index is 10.7. The van der Waals surface area contributed by atoms with Crippen LogP contribution < -0.4 is 5.73 Å². The largest absolute Gasteiger partial charge is 0.481 e. The van der Waals surface area contributed by atoms with Gasteiger partial charge < -0.3 is 15.7 Å². The van der Waals surface area contributed by atoms with E-state index in [1.165, 1.54) is 12.8 Å². The van der Waals surface area contributed by atoms with Gasteiger partial charge in [0.05, 0.1) is 5.92 Å². The van der Waals surface area contributed by atoms with Gasteiger partial charge in [-0.05, 0) is 59.7 Å². The smallest absolute Gasteiger partial charge is 0.306 e. The number of hydrogen-bond donors (Lipinski definition) is 2. The lowest BCUT2D eigenvalue weighted by atomic mass is 9.97. The molecule has 0 amide bonds. The molecule has 1 saturated heterocycles. The number of carboxylic acids is 1. The van der Waals surface area contributed by atoms with Gasteiger partial charge in [0.1, 0.15) is 0 Å². The summed E-state index contributed by atoms with van der Waals surface area (Å²) in [4.78, 5) is 13.0. The maximum absolute atomic E-state index is 10.7. The van der Waals surface area contributed by atoms with Gasteiger partial charge in [-0.3, -0.25) is 4.79 Å². The van der Waals surface area contributed by atoms with Crippen LogP contribution in [0.4, 0.5) is 0 Å². The number of nitrogens with zero attached hydrogens (tertiary/aromatic N) is 1. The predicted molar refractivity (Wildman–Crippen MR) is 75.6 cm³/mol. The minimum absolute atomic E-state index is 0. The highest BCUT2D eigenvalue weighted by Crippen LogP contribution is 2.17. The molecule has 3 N–H and O–H groups in total. The van der Waals surface area contributed by atoms with E-state index in [9.17, 15) is 4.79 Å². The van der Waals surface area contributed by atoms with Gasteiger partial charge in [-0.15, -0.1) is 0 Å². The van der Waals surface area contributed by atoms with E-state index in [-0.39, 0.29) is 11.5 Å². The summed E-state index contributed by atoms with van der Waals surface area (Å²) >= 11 is 0. The summed E-state index contributed by atoms with van der Waals surface area (Å²) in [6.45, 7) is 11.2. The highest BCUT2D eigenvalue weighted by molar-refractivity contribution is 5.70. The van der Waals surface area contributed by atoms with E-state index in [2.05, 4.69) is 11.8 Å². The fourth-order valence-electron chi connectivity index (χ4n) is 1.79. The Morgan fingerprint density at radius 2 is 1.78 bits per heavy atom. The molecule has 1 heterocycles. The predicted octanol–water partition coefficient (Wildman–Crippen LogP) is 2.33. The van der Waals surface area contributed by atoms with Gasteiger partial charge in [0.15, 0.2) is 0 Å². The van der Waals surface area contributed by atoms with Gasteiger partial charge in [0.25, 0.3) is 0 Å². The Kier molecular flexibility index (Phi) is 8.20. The van der Waals surface area contributed by atoms with Crippen molar-refractivity contribution in [1.29, 1.82) is 0 Å². The van der Waals surface area contributed by atoms with Crippen molar-refractivity contribution in [3.05, 3.63) is 0 Å². The standard InChI is InChI=1S/C10H19NO2.C4H11N/c1-2-3-6-11-7-4-9(5-8-11)10(12)13;1-4(2,3)5/h9H,2-8H2,1H3,(H,12,13);5H2,1-3H3. The van der Waals surface area contributed by atoms with Crippen LogP contribution in [0.1, 0.15) is 53.4 Å². The van der Waals surface area contributed by atoms with E-state index >= 15 is 0 Å². The Labute approximate surface area is 112 Å². The molecule has 0 aromatic carbocycles. The van der Waals surface area contributed by atoms with Crippen LogP contribution in [0.5, 0.6) is 0 Å². The third-order valence-electron chi connectivity index (χ3n) is 2.76. The van der Waals surface area contributed by atoms with Crippen molar-refractivity contribution < 1.29 is 9.90 Å². The molecule has 0 aliphatic carbocycles. The highest BCUT2D eigenvalue weighted by atomic mass is 16.4. The maximum Gasteiger partial charge on any atom is 0.306 e. The molecular weight excluding hydrogens is 228 g/mol. The molecule has 1 aliphatic heterocycles. The first-order valence-electron chi connectivity index (χ1n) is 6.98. The number of hydrogen-bond acceptors (Lipinski definition) is 3. The Balaban J connectivity index is 0.000000494. The lowest BCUT2D eigenvalue weighted by Gasteiger charge is -2.29. The lowest BCUT2D eigenvalue weighted by Crippen LogP contribution is -2.36. The summed E-state index contributed by atoms with van der Waals surface area (Å²) < 4.78 is 0. The van der Waals surface area contributed by atoms with Gasteiger partial charge in [0.2, 0.25) is 0 Å². The van der Waals surface area contributed by atoms with Crippen LogP contribution in [0.3, 0.4) is 0 Å². The first-order valence-corrected chi connectivity index (χ1v) is 6.98. The Hall–Kier alpha value is -0.610. The molecule has 4 heteroatoms. The quantitative estimate of drug-likeness (QED) is 0.812. The molecule has 0 saturated carbocycles. The molecule has 18 heavy (non-hydrogen) atoms. The van der Waals surface area contributed by atoms with Crippen LogP contribution in [-0.4, -0.2) is 41.1 Å². The molecule has 4 nitrogen and oxygen atoms in total. The Morgan fingerprint density at radius 3 is 2.11 bits per heavy atom. The zero-order valence-electron chi connectivity index (χ0n) is 12.4. The van der Waals surface area contributed by atoms with Crippen molar-refractivity contribution in [1.82, 2.24) is 4.90 Å². The van der Waals surface area contributed by atoms with Crippen molar-refractivity contribution >= 4 is 5.97 Å². The van der Waals surface area contributed by atoms with E-state index in [4.69, 9.17) is 10.8 Å². The van der Waals surface area contributed by atoms with E-state index in [0.717, 1.165) is 32.5 Å². The minimum atomic E-state index is -0.616. The third-order valence-corrected chi connectivity index (χ3v) is 2.76. The zero-order chi connectivity index (χ0) is 14.2. The summed E-state index contributed by atoms with van der Waals surface area (Å²) in [7, 11) is 0. The average molecular weight is 258 g/mol. The van der Waals surface area contributed by atoms with Crippen LogP contribution in [0.15, 0.2) is 0 Å². The second-order valence-electron chi connectivity index (χ2n) is 6.17. The molecule has 0 aromatic heterocycles. The molecule has 0 radical (unpaired) electrons. The van der Waals surface area contributed by atoms with E-state index in [1.807, 2.05) is 20.8 Å². The first kappa shape index (κ1) is 17.4. The van der Waals surface area contributed by atoms with Crippen LogP contribution in [0, 0.1) is 5.92 Å². The molecule has 1 fully saturated rings. The number of unbranched alkanes of at least 4 members (excludes halogenated alkanes) is 1. The topological polar surface area (TPSA) is 66.6 Å². The van der Waals surface area contributed by atoms with Crippen molar-refractivity contribution in [2.75, 3.05) is 19.6 Å². The lowest BCUT2D eigenvalue weighted by molar-refractivity contribution is -0.143. The summed E-state index contributed by atoms with van der Waals surface area (Å²) in [6, 6.07) is 0. The highest BCUT2D eigenvalue weighted by Gasteiger charge is 2.23. The van der Waals surface area contributed by atoms with Gasteiger partial charge in [-0.25, -0.2) is 0 Å². The summed E-state index contributed by atoms with van der Waals surface area (Å²) in [5.74, 6) is -0.701. The van der Waals surface area contributed by atoms with Crippen LogP contribution in [0.2, 0.25) is 0 Å². The van der Waals surface area contributed by atoms with Crippen molar-refractivity contribution in [3.63, 3.8) is 0 Å². The molecule has 0 bridgehead atoms. The normalized spacial score (nSPS) is 18.1. The summed E-state index contributed by atoms with van der Waals surface area (Å²) in [5.41, 5.74) is 5.35. The fraction of sp³-hybridized carbons (Fsp3) is 0.929. The van der Waals surface area contributed by atoms with Crippen LogP contribution >= 0.6 is 0 Å². The number of carbonyl (C=O) groups is 1. The van der Waals surface area contributed by atoms with Crippen LogP contribution in [-0.2, 0) is 4.79 Å². The zero-order valence-corrected chi connectivity index (χ0v) is 12.4. The van der Waals surface area contributed by atoms with E-state index in [0.29, 0.717) is 0 Å². The summed E-state index contributed by atoms with van der Waals surface area (Å²) in [5, 5.41) is 8.78. The number of aliphatic carboxylic acids is 1. The second-order valence-corrected chi connectivity index (χ2v) is 6.17.